The molecule has 102 valence electrons. The number of fused-ring (bicyclic) bond motifs is 1. The number of methoxy groups -OCH3 is 1. The molecule has 2 aromatic heterocycles. The Labute approximate surface area is 116 Å². The lowest BCUT2D eigenvalue weighted by atomic mass is 10.0. The number of phenols is 1. The maximum absolute atomic E-state index is 9.70. The molecular formula is C15H15N3O2. The smallest absolute Gasteiger partial charge is 0.161 e. The van der Waals surface area contributed by atoms with Gasteiger partial charge in [0.05, 0.1) is 7.11 Å². The second kappa shape index (κ2) is 4.77. The summed E-state index contributed by atoms with van der Waals surface area (Å²) in [4.78, 5) is 7.57. The van der Waals surface area contributed by atoms with E-state index in [2.05, 4.69) is 15.3 Å². The Morgan fingerprint density at radius 1 is 1.25 bits per heavy atom. The van der Waals surface area contributed by atoms with Crippen LogP contribution in [0, 0.1) is 0 Å². The minimum Gasteiger partial charge on any atom is -0.504 e. The number of anilines is 1. The van der Waals surface area contributed by atoms with Gasteiger partial charge in [-0.1, -0.05) is 6.07 Å². The molecule has 0 fully saturated rings. The van der Waals surface area contributed by atoms with Crippen LogP contribution < -0.4 is 10.1 Å². The third-order valence-corrected chi connectivity index (χ3v) is 3.28. The van der Waals surface area contributed by atoms with Crippen LogP contribution in [0.2, 0.25) is 0 Å². The van der Waals surface area contributed by atoms with E-state index < -0.39 is 0 Å². The summed E-state index contributed by atoms with van der Waals surface area (Å²) in [6.07, 6.45) is 1.86. The first kappa shape index (κ1) is 12.3. The Morgan fingerprint density at radius 2 is 2.10 bits per heavy atom. The second-order valence-corrected chi connectivity index (χ2v) is 4.43. The number of hydrogen-bond acceptors (Lipinski definition) is 4. The Morgan fingerprint density at radius 3 is 2.85 bits per heavy atom. The van der Waals surface area contributed by atoms with Gasteiger partial charge in [-0.2, -0.15) is 0 Å². The standard InChI is InChI=1S/C15H15N3O2/c1-16-14-8-11(10-5-6-17-15(10)18-14)9-3-4-12(19)13(7-9)20-2/h3-8,19H,1-2H3,(H2,16,17,18). The second-order valence-electron chi connectivity index (χ2n) is 4.43. The molecule has 5 nitrogen and oxygen atoms in total. The third kappa shape index (κ3) is 1.93. The molecule has 3 N–H and O–H groups in total. The fraction of sp³-hybridized carbons (Fsp3) is 0.133. The molecule has 0 aliphatic rings. The summed E-state index contributed by atoms with van der Waals surface area (Å²) in [6.45, 7) is 0. The molecule has 0 aliphatic heterocycles. The Bertz CT molecular complexity index is 765. The van der Waals surface area contributed by atoms with E-state index in [9.17, 15) is 5.11 Å². The van der Waals surface area contributed by atoms with Crippen LogP contribution >= 0.6 is 0 Å². The number of aromatic nitrogens is 2. The normalized spacial score (nSPS) is 10.7. The molecular weight excluding hydrogens is 254 g/mol. The topological polar surface area (TPSA) is 70.2 Å². The van der Waals surface area contributed by atoms with Gasteiger partial charge in [-0.05, 0) is 35.4 Å². The van der Waals surface area contributed by atoms with Gasteiger partial charge in [-0.3, -0.25) is 0 Å². The zero-order chi connectivity index (χ0) is 14.1. The van der Waals surface area contributed by atoms with Crippen LogP contribution in [0.25, 0.3) is 22.2 Å². The molecule has 0 unspecified atom stereocenters. The molecule has 2 heterocycles. The predicted octanol–water partition coefficient (Wildman–Crippen LogP) is 2.99. The number of nitrogens with zero attached hydrogens (tertiary/aromatic N) is 1. The molecule has 1 aromatic carbocycles. The van der Waals surface area contributed by atoms with Crippen molar-refractivity contribution in [2.75, 3.05) is 19.5 Å². The summed E-state index contributed by atoms with van der Waals surface area (Å²) in [5.74, 6) is 1.36. The SMILES string of the molecule is CNc1cc(-c2ccc(O)c(OC)c2)c2cc[nH]c2n1. The third-order valence-electron chi connectivity index (χ3n) is 3.28. The fourth-order valence-electron chi connectivity index (χ4n) is 2.25. The number of aromatic amines is 1. The Kier molecular flexibility index (Phi) is 2.95. The van der Waals surface area contributed by atoms with Gasteiger partial charge in [0.25, 0.3) is 0 Å². The molecule has 0 saturated carbocycles. The van der Waals surface area contributed by atoms with E-state index in [0.29, 0.717) is 5.75 Å². The van der Waals surface area contributed by atoms with Crippen LogP contribution in [0.4, 0.5) is 5.82 Å². The van der Waals surface area contributed by atoms with Crippen molar-refractivity contribution in [3.8, 4) is 22.6 Å². The number of phenolic OH excluding ortho intramolecular Hbond substituents is 1. The van der Waals surface area contributed by atoms with Crippen molar-refractivity contribution in [3.05, 3.63) is 36.5 Å². The van der Waals surface area contributed by atoms with Crippen LogP contribution in [0.15, 0.2) is 36.5 Å². The quantitative estimate of drug-likeness (QED) is 0.683. The number of pyridine rings is 1. The highest BCUT2D eigenvalue weighted by atomic mass is 16.5. The van der Waals surface area contributed by atoms with Crippen molar-refractivity contribution in [1.29, 1.82) is 0 Å². The van der Waals surface area contributed by atoms with Gasteiger partial charge in [-0.15, -0.1) is 0 Å². The lowest BCUT2D eigenvalue weighted by molar-refractivity contribution is 0.373. The van der Waals surface area contributed by atoms with Crippen LogP contribution in [0.5, 0.6) is 11.5 Å². The molecule has 0 amide bonds. The average molecular weight is 269 g/mol. The summed E-state index contributed by atoms with van der Waals surface area (Å²) in [6, 6.07) is 9.26. The van der Waals surface area contributed by atoms with Gasteiger partial charge in [0.2, 0.25) is 0 Å². The average Bonchev–Trinajstić information content (AvgIpc) is 2.95. The predicted molar refractivity (Wildman–Crippen MR) is 79.3 cm³/mol. The van der Waals surface area contributed by atoms with Crippen molar-refractivity contribution >= 4 is 16.9 Å². The molecule has 0 bridgehead atoms. The zero-order valence-corrected chi connectivity index (χ0v) is 11.3. The minimum atomic E-state index is 0.129. The van der Waals surface area contributed by atoms with E-state index in [4.69, 9.17) is 4.74 Å². The fourth-order valence-corrected chi connectivity index (χ4v) is 2.25. The summed E-state index contributed by atoms with van der Waals surface area (Å²) in [7, 11) is 3.37. The molecule has 20 heavy (non-hydrogen) atoms. The lowest BCUT2D eigenvalue weighted by Gasteiger charge is -2.09. The Hall–Kier alpha value is -2.69. The molecule has 5 heteroatoms. The number of rotatable bonds is 3. The van der Waals surface area contributed by atoms with E-state index in [1.54, 1.807) is 6.07 Å². The van der Waals surface area contributed by atoms with Crippen LogP contribution in [0.3, 0.4) is 0 Å². The van der Waals surface area contributed by atoms with Gasteiger partial charge >= 0.3 is 0 Å². The molecule has 3 aromatic rings. The minimum absolute atomic E-state index is 0.129. The number of H-pyrrole nitrogens is 1. The molecule has 0 radical (unpaired) electrons. The number of aromatic hydroxyl groups is 1. The first-order valence-corrected chi connectivity index (χ1v) is 6.26. The van der Waals surface area contributed by atoms with Crippen molar-refractivity contribution in [2.45, 2.75) is 0 Å². The summed E-state index contributed by atoms with van der Waals surface area (Å²) < 4.78 is 5.17. The molecule has 0 atom stereocenters. The van der Waals surface area contributed by atoms with E-state index in [-0.39, 0.29) is 5.75 Å². The van der Waals surface area contributed by atoms with Crippen molar-refractivity contribution in [1.82, 2.24) is 9.97 Å². The maximum Gasteiger partial charge on any atom is 0.161 e. The van der Waals surface area contributed by atoms with Crippen molar-refractivity contribution in [3.63, 3.8) is 0 Å². The highest BCUT2D eigenvalue weighted by molar-refractivity contribution is 5.95. The van der Waals surface area contributed by atoms with Crippen LogP contribution in [0.1, 0.15) is 0 Å². The summed E-state index contributed by atoms with van der Waals surface area (Å²) in [5, 5.41) is 13.8. The first-order chi connectivity index (χ1) is 9.72. The van der Waals surface area contributed by atoms with Gasteiger partial charge in [0.1, 0.15) is 11.5 Å². The zero-order valence-electron chi connectivity index (χ0n) is 11.3. The maximum atomic E-state index is 9.70. The Balaban J connectivity index is 2.25. The van der Waals surface area contributed by atoms with Gasteiger partial charge in [-0.25, -0.2) is 4.98 Å². The van der Waals surface area contributed by atoms with E-state index in [1.165, 1.54) is 7.11 Å². The molecule has 3 rings (SSSR count). The van der Waals surface area contributed by atoms with E-state index >= 15 is 0 Å². The van der Waals surface area contributed by atoms with Crippen molar-refractivity contribution < 1.29 is 9.84 Å². The van der Waals surface area contributed by atoms with Gasteiger partial charge in [0, 0.05) is 18.6 Å². The summed E-state index contributed by atoms with van der Waals surface area (Å²) in [5.41, 5.74) is 2.81. The number of ether oxygens (including phenoxy) is 1. The van der Waals surface area contributed by atoms with Crippen molar-refractivity contribution in [2.24, 2.45) is 0 Å². The van der Waals surface area contributed by atoms with E-state index in [1.807, 2.05) is 37.5 Å². The largest absolute Gasteiger partial charge is 0.504 e. The van der Waals surface area contributed by atoms with Crippen LogP contribution in [-0.2, 0) is 0 Å². The number of benzene rings is 1. The highest BCUT2D eigenvalue weighted by Crippen LogP contribution is 2.35. The summed E-state index contributed by atoms with van der Waals surface area (Å²) >= 11 is 0. The molecule has 0 saturated heterocycles. The monoisotopic (exact) mass is 269 g/mol. The van der Waals surface area contributed by atoms with Gasteiger partial charge in [0.15, 0.2) is 11.5 Å². The highest BCUT2D eigenvalue weighted by Gasteiger charge is 2.10. The number of nitrogens with one attached hydrogen (secondary N) is 2. The number of hydrogen-bond donors (Lipinski definition) is 3. The lowest BCUT2D eigenvalue weighted by Crippen LogP contribution is -1.94. The van der Waals surface area contributed by atoms with Gasteiger partial charge < -0.3 is 20.1 Å². The molecule has 0 spiro atoms. The van der Waals surface area contributed by atoms with E-state index in [0.717, 1.165) is 28.0 Å². The van der Waals surface area contributed by atoms with Crippen LogP contribution in [-0.4, -0.2) is 29.2 Å². The first-order valence-electron chi connectivity index (χ1n) is 6.26. The molecule has 0 aliphatic carbocycles.